The second-order valence-corrected chi connectivity index (χ2v) is 3.73. The van der Waals surface area contributed by atoms with E-state index in [0.717, 1.165) is 4.47 Å². The van der Waals surface area contributed by atoms with Crippen LogP contribution in [0.25, 0.3) is 6.08 Å². The van der Waals surface area contributed by atoms with Crippen molar-refractivity contribution in [1.29, 1.82) is 0 Å². The molecule has 0 saturated heterocycles. The van der Waals surface area contributed by atoms with Gasteiger partial charge in [0.1, 0.15) is 0 Å². The zero-order valence-electron chi connectivity index (χ0n) is 6.85. The Labute approximate surface area is 86.4 Å². The number of aryl methyl sites for hydroxylation is 1. The molecule has 0 amide bonds. The van der Waals surface area contributed by atoms with Gasteiger partial charge in [-0.1, -0.05) is 40.2 Å². The van der Waals surface area contributed by atoms with Gasteiger partial charge in [-0.2, -0.15) is 0 Å². The van der Waals surface area contributed by atoms with Crippen LogP contribution in [0.2, 0.25) is 0 Å². The molecular formula is C10H10BrCl. The SMILES string of the molecule is Cc1ccc(C=CCCl)cc1Br. The molecule has 64 valence electrons. The van der Waals surface area contributed by atoms with E-state index in [-0.39, 0.29) is 0 Å². The van der Waals surface area contributed by atoms with Gasteiger partial charge in [0, 0.05) is 10.4 Å². The molecule has 2 heteroatoms. The lowest BCUT2D eigenvalue weighted by Gasteiger charge is -1.98. The van der Waals surface area contributed by atoms with Gasteiger partial charge in [0.25, 0.3) is 0 Å². The van der Waals surface area contributed by atoms with Crippen molar-refractivity contribution in [3.63, 3.8) is 0 Å². The molecule has 0 nitrogen and oxygen atoms in total. The molecule has 0 fully saturated rings. The monoisotopic (exact) mass is 244 g/mol. The van der Waals surface area contributed by atoms with Crippen LogP contribution in [0, 0.1) is 6.92 Å². The first-order valence-corrected chi connectivity index (χ1v) is 5.05. The standard InChI is InChI=1S/C10H10BrCl/c1-8-4-5-9(3-2-6-12)7-10(8)11/h2-5,7H,6H2,1H3. The predicted octanol–water partition coefficient (Wildman–Crippen LogP) is 4.01. The van der Waals surface area contributed by atoms with Crippen molar-refractivity contribution in [2.45, 2.75) is 6.92 Å². The molecule has 0 radical (unpaired) electrons. The summed E-state index contributed by atoms with van der Waals surface area (Å²) in [5, 5.41) is 0. The molecule has 1 aromatic rings. The van der Waals surface area contributed by atoms with E-state index in [9.17, 15) is 0 Å². The third-order valence-electron chi connectivity index (χ3n) is 1.60. The molecule has 0 aliphatic carbocycles. The van der Waals surface area contributed by atoms with Gasteiger partial charge < -0.3 is 0 Å². The van der Waals surface area contributed by atoms with Crippen molar-refractivity contribution >= 4 is 33.6 Å². The van der Waals surface area contributed by atoms with E-state index in [1.54, 1.807) is 0 Å². The van der Waals surface area contributed by atoms with Gasteiger partial charge in [-0.3, -0.25) is 0 Å². The van der Waals surface area contributed by atoms with Crippen molar-refractivity contribution in [2.24, 2.45) is 0 Å². The Kier molecular flexibility index (Phi) is 3.83. The number of allylic oxidation sites excluding steroid dienone is 1. The highest BCUT2D eigenvalue weighted by atomic mass is 79.9. The molecule has 0 saturated carbocycles. The average Bonchev–Trinajstić information content (AvgIpc) is 2.07. The topological polar surface area (TPSA) is 0 Å². The summed E-state index contributed by atoms with van der Waals surface area (Å²) in [7, 11) is 0. The van der Waals surface area contributed by atoms with Crippen LogP contribution >= 0.6 is 27.5 Å². The van der Waals surface area contributed by atoms with Crippen LogP contribution in [0.3, 0.4) is 0 Å². The fraction of sp³-hybridized carbons (Fsp3) is 0.200. The summed E-state index contributed by atoms with van der Waals surface area (Å²) in [5.74, 6) is 0.561. The number of halogens is 2. The minimum absolute atomic E-state index is 0.561. The van der Waals surface area contributed by atoms with Crippen molar-refractivity contribution < 1.29 is 0 Å². The molecule has 0 N–H and O–H groups in total. The van der Waals surface area contributed by atoms with Gasteiger partial charge >= 0.3 is 0 Å². The number of alkyl halides is 1. The predicted molar refractivity (Wildman–Crippen MR) is 58.6 cm³/mol. The number of hydrogen-bond donors (Lipinski definition) is 0. The van der Waals surface area contributed by atoms with Crippen LogP contribution < -0.4 is 0 Å². The van der Waals surface area contributed by atoms with Crippen LogP contribution in [0.5, 0.6) is 0 Å². The summed E-state index contributed by atoms with van der Waals surface area (Å²) in [6, 6.07) is 6.24. The molecule has 0 aromatic heterocycles. The smallest absolute Gasteiger partial charge is 0.0407 e. The lowest BCUT2D eigenvalue weighted by atomic mass is 10.1. The van der Waals surface area contributed by atoms with Gasteiger partial charge in [0.05, 0.1) is 0 Å². The quantitative estimate of drug-likeness (QED) is 0.691. The highest BCUT2D eigenvalue weighted by molar-refractivity contribution is 9.10. The molecule has 0 bridgehead atoms. The maximum atomic E-state index is 5.52. The van der Waals surface area contributed by atoms with Crippen LogP contribution in [-0.4, -0.2) is 5.88 Å². The van der Waals surface area contributed by atoms with Crippen LogP contribution in [-0.2, 0) is 0 Å². The van der Waals surface area contributed by atoms with Crippen molar-refractivity contribution in [3.05, 3.63) is 39.9 Å². The maximum absolute atomic E-state index is 5.52. The molecule has 0 spiro atoms. The zero-order chi connectivity index (χ0) is 8.97. The summed E-state index contributed by atoms with van der Waals surface area (Å²) < 4.78 is 1.14. The van der Waals surface area contributed by atoms with Crippen molar-refractivity contribution in [1.82, 2.24) is 0 Å². The minimum atomic E-state index is 0.561. The molecule has 1 aromatic carbocycles. The zero-order valence-corrected chi connectivity index (χ0v) is 9.19. The molecule has 0 atom stereocenters. The Morgan fingerprint density at radius 2 is 2.25 bits per heavy atom. The highest BCUT2D eigenvalue weighted by Gasteiger charge is 1.93. The largest absolute Gasteiger partial charge is 0.122 e. The first kappa shape index (κ1) is 9.82. The lowest BCUT2D eigenvalue weighted by molar-refractivity contribution is 1.42. The Hall–Kier alpha value is -0.270. The van der Waals surface area contributed by atoms with E-state index < -0.39 is 0 Å². The van der Waals surface area contributed by atoms with Crippen LogP contribution in [0.4, 0.5) is 0 Å². The second kappa shape index (κ2) is 4.68. The molecule has 12 heavy (non-hydrogen) atoms. The van der Waals surface area contributed by atoms with Crippen LogP contribution in [0.1, 0.15) is 11.1 Å². The molecule has 1 rings (SSSR count). The van der Waals surface area contributed by atoms with Gasteiger partial charge in [0.15, 0.2) is 0 Å². The Bertz CT molecular complexity index is 292. The van der Waals surface area contributed by atoms with E-state index in [1.165, 1.54) is 11.1 Å². The number of benzene rings is 1. The van der Waals surface area contributed by atoms with Gasteiger partial charge in [-0.15, -0.1) is 11.6 Å². The summed E-state index contributed by atoms with van der Waals surface area (Å²) in [5.41, 5.74) is 2.42. The Morgan fingerprint density at radius 3 is 2.83 bits per heavy atom. The fourth-order valence-corrected chi connectivity index (χ4v) is 1.38. The van der Waals surface area contributed by atoms with E-state index in [2.05, 4.69) is 41.1 Å². The van der Waals surface area contributed by atoms with E-state index >= 15 is 0 Å². The molecule has 0 aliphatic rings. The molecular weight excluding hydrogens is 235 g/mol. The van der Waals surface area contributed by atoms with E-state index in [0.29, 0.717) is 5.88 Å². The van der Waals surface area contributed by atoms with Gasteiger partial charge in [0.2, 0.25) is 0 Å². The summed E-state index contributed by atoms with van der Waals surface area (Å²) >= 11 is 9.00. The summed E-state index contributed by atoms with van der Waals surface area (Å²) in [6.07, 6.45) is 3.94. The van der Waals surface area contributed by atoms with Gasteiger partial charge in [-0.05, 0) is 24.1 Å². The Morgan fingerprint density at radius 1 is 1.50 bits per heavy atom. The van der Waals surface area contributed by atoms with E-state index in [4.69, 9.17) is 11.6 Å². The van der Waals surface area contributed by atoms with Crippen molar-refractivity contribution in [2.75, 3.05) is 5.88 Å². The van der Waals surface area contributed by atoms with Crippen molar-refractivity contribution in [3.8, 4) is 0 Å². The molecule has 0 heterocycles. The molecule has 0 unspecified atom stereocenters. The third-order valence-corrected chi connectivity index (χ3v) is 2.63. The number of rotatable bonds is 2. The first-order valence-electron chi connectivity index (χ1n) is 3.72. The lowest BCUT2D eigenvalue weighted by Crippen LogP contribution is -1.77. The third kappa shape index (κ3) is 2.65. The minimum Gasteiger partial charge on any atom is -0.122 e. The maximum Gasteiger partial charge on any atom is 0.0407 e. The highest BCUT2D eigenvalue weighted by Crippen LogP contribution is 2.18. The molecule has 0 aliphatic heterocycles. The summed E-state index contributed by atoms with van der Waals surface area (Å²) in [6.45, 7) is 2.07. The second-order valence-electron chi connectivity index (χ2n) is 2.57. The number of hydrogen-bond acceptors (Lipinski definition) is 0. The van der Waals surface area contributed by atoms with Gasteiger partial charge in [-0.25, -0.2) is 0 Å². The Balaban J connectivity index is 2.89. The van der Waals surface area contributed by atoms with Crippen LogP contribution in [0.15, 0.2) is 28.7 Å². The van der Waals surface area contributed by atoms with E-state index in [1.807, 2.05) is 12.2 Å². The summed E-state index contributed by atoms with van der Waals surface area (Å²) in [4.78, 5) is 0. The average molecular weight is 246 g/mol. The normalized spacial score (nSPS) is 10.9. The fourth-order valence-electron chi connectivity index (χ4n) is 0.893. The first-order chi connectivity index (χ1) is 5.74.